The Morgan fingerprint density at radius 2 is 2.32 bits per heavy atom. The fourth-order valence-electron chi connectivity index (χ4n) is 3.07. The SMILES string of the molecule is COC(=O)CCCNC(=S)N1CCC[C@@H](c2nc3ccccc3s2)C1. The zero-order valence-corrected chi connectivity index (χ0v) is 16.0. The van der Waals surface area contributed by atoms with E-state index in [1.807, 2.05) is 6.07 Å². The van der Waals surface area contributed by atoms with Crippen molar-refractivity contribution in [3.63, 3.8) is 0 Å². The Kier molecular flexibility index (Phi) is 6.20. The van der Waals surface area contributed by atoms with Gasteiger partial charge in [-0.05, 0) is 43.6 Å². The average molecular weight is 378 g/mol. The van der Waals surface area contributed by atoms with Crippen LogP contribution in [0.15, 0.2) is 24.3 Å². The van der Waals surface area contributed by atoms with Gasteiger partial charge in [-0.15, -0.1) is 11.3 Å². The number of hydrogen-bond acceptors (Lipinski definition) is 5. The number of para-hydroxylation sites is 1. The van der Waals surface area contributed by atoms with Crippen LogP contribution in [0.1, 0.15) is 36.6 Å². The summed E-state index contributed by atoms with van der Waals surface area (Å²) in [6.45, 7) is 2.57. The topological polar surface area (TPSA) is 54.5 Å². The van der Waals surface area contributed by atoms with Crippen molar-refractivity contribution in [2.45, 2.75) is 31.6 Å². The number of benzene rings is 1. The number of likely N-dealkylation sites (tertiary alicyclic amines) is 1. The van der Waals surface area contributed by atoms with E-state index in [1.165, 1.54) is 16.8 Å². The molecule has 0 radical (unpaired) electrons. The lowest BCUT2D eigenvalue weighted by Gasteiger charge is -2.33. The van der Waals surface area contributed by atoms with Crippen LogP contribution in [0.4, 0.5) is 0 Å². The third-order valence-corrected chi connectivity index (χ3v) is 6.03. The maximum atomic E-state index is 11.1. The van der Waals surface area contributed by atoms with Gasteiger partial charge in [-0.3, -0.25) is 4.79 Å². The maximum absolute atomic E-state index is 11.1. The van der Waals surface area contributed by atoms with E-state index < -0.39 is 0 Å². The van der Waals surface area contributed by atoms with Gasteiger partial charge in [-0.1, -0.05) is 12.1 Å². The molecule has 25 heavy (non-hydrogen) atoms. The predicted molar refractivity (Wildman–Crippen MR) is 105 cm³/mol. The van der Waals surface area contributed by atoms with Gasteiger partial charge >= 0.3 is 5.97 Å². The highest BCUT2D eigenvalue weighted by Gasteiger charge is 2.25. The third kappa shape index (κ3) is 4.67. The second-order valence-corrected chi connectivity index (χ2v) is 7.67. The molecule has 1 fully saturated rings. The molecular weight excluding hydrogens is 354 g/mol. The van der Waals surface area contributed by atoms with Gasteiger partial charge in [0.2, 0.25) is 0 Å². The molecule has 134 valence electrons. The first-order chi connectivity index (χ1) is 12.2. The Hall–Kier alpha value is -1.73. The second kappa shape index (κ2) is 8.58. The lowest BCUT2D eigenvalue weighted by molar-refractivity contribution is -0.140. The van der Waals surface area contributed by atoms with Gasteiger partial charge in [-0.25, -0.2) is 4.98 Å². The number of piperidine rings is 1. The molecule has 0 unspecified atom stereocenters. The number of rotatable bonds is 5. The lowest BCUT2D eigenvalue weighted by Crippen LogP contribution is -2.45. The van der Waals surface area contributed by atoms with Crippen molar-refractivity contribution in [1.29, 1.82) is 0 Å². The van der Waals surface area contributed by atoms with Gasteiger partial charge in [-0.2, -0.15) is 0 Å². The number of fused-ring (bicyclic) bond motifs is 1. The Bertz CT molecular complexity index is 714. The zero-order chi connectivity index (χ0) is 17.6. The van der Waals surface area contributed by atoms with Crippen LogP contribution in [0.5, 0.6) is 0 Å². The van der Waals surface area contributed by atoms with Crippen molar-refractivity contribution >= 4 is 44.9 Å². The van der Waals surface area contributed by atoms with E-state index in [-0.39, 0.29) is 5.97 Å². The smallest absolute Gasteiger partial charge is 0.305 e. The minimum absolute atomic E-state index is 0.179. The standard InChI is InChI=1S/C18H23N3O2S2/c1-23-16(22)9-4-10-19-18(24)21-11-5-6-13(12-21)17-20-14-7-2-3-8-15(14)25-17/h2-3,7-8,13H,4-6,9-12H2,1H3,(H,19,24)/t13-/m1/s1. The number of methoxy groups -OCH3 is 1. The molecule has 1 aromatic heterocycles. The quantitative estimate of drug-likeness (QED) is 0.490. The molecule has 7 heteroatoms. The van der Waals surface area contributed by atoms with Gasteiger partial charge < -0.3 is 15.0 Å². The lowest BCUT2D eigenvalue weighted by atomic mass is 9.99. The minimum atomic E-state index is -0.179. The Balaban J connectivity index is 1.53. The van der Waals surface area contributed by atoms with Crippen LogP contribution in [0.3, 0.4) is 0 Å². The first-order valence-electron chi connectivity index (χ1n) is 8.62. The molecule has 1 aliphatic rings. The molecule has 2 heterocycles. The average Bonchev–Trinajstić information content (AvgIpc) is 3.09. The van der Waals surface area contributed by atoms with Crippen LogP contribution in [0.25, 0.3) is 10.2 Å². The van der Waals surface area contributed by atoms with E-state index in [2.05, 4.69) is 33.2 Å². The zero-order valence-electron chi connectivity index (χ0n) is 14.4. The predicted octanol–water partition coefficient (Wildman–Crippen LogP) is 3.30. The first kappa shape index (κ1) is 18.1. The number of hydrogen-bond donors (Lipinski definition) is 1. The summed E-state index contributed by atoms with van der Waals surface area (Å²) >= 11 is 7.32. The fraction of sp³-hybridized carbons (Fsp3) is 0.500. The monoisotopic (exact) mass is 377 g/mol. The summed E-state index contributed by atoms with van der Waals surface area (Å²) in [7, 11) is 1.41. The molecule has 0 aliphatic carbocycles. The molecule has 0 amide bonds. The van der Waals surface area contributed by atoms with E-state index in [4.69, 9.17) is 17.2 Å². The van der Waals surface area contributed by atoms with E-state index >= 15 is 0 Å². The number of aromatic nitrogens is 1. The summed E-state index contributed by atoms with van der Waals surface area (Å²) in [4.78, 5) is 18.2. The van der Waals surface area contributed by atoms with Crippen LogP contribution in [-0.2, 0) is 9.53 Å². The normalized spacial score (nSPS) is 17.5. The summed E-state index contributed by atoms with van der Waals surface area (Å²) in [5, 5.41) is 5.24. The van der Waals surface area contributed by atoms with Crippen molar-refractivity contribution in [1.82, 2.24) is 15.2 Å². The number of nitrogens with zero attached hydrogens (tertiary/aromatic N) is 2. The van der Waals surface area contributed by atoms with E-state index in [9.17, 15) is 4.79 Å². The van der Waals surface area contributed by atoms with Crippen molar-refractivity contribution in [3.8, 4) is 0 Å². The molecule has 0 spiro atoms. The highest BCUT2D eigenvalue weighted by Crippen LogP contribution is 2.32. The molecule has 1 aromatic carbocycles. The molecular formula is C18H23N3O2S2. The van der Waals surface area contributed by atoms with Crippen molar-refractivity contribution in [3.05, 3.63) is 29.3 Å². The van der Waals surface area contributed by atoms with Crippen LogP contribution < -0.4 is 5.32 Å². The number of carbonyl (C=O) groups is 1. The van der Waals surface area contributed by atoms with Gasteiger partial charge in [0.05, 0.1) is 22.3 Å². The molecule has 3 rings (SSSR count). The molecule has 5 nitrogen and oxygen atoms in total. The summed E-state index contributed by atoms with van der Waals surface area (Å²) < 4.78 is 5.89. The molecule has 1 aliphatic heterocycles. The summed E-state index contributed by atoms with van der Waals surface area (Å²) in [6, 6.07) is 8.30. The minimum Gasteiger partial charge on any atom is -0.469 e. The van der Waals surface area contributed by atoms with Crippen molar-refractivity contribution in [2.24, 2.45) is 0 Å². The molecule has 0 saturated carbocycles. The Morgan fingerprint density at radius 3 is 3.12 bits per heavy atom. The summed E-state index contributed by atoms with van der Waals surface area (Å²) in [6.07, 6.45) is 3.41. The number of nitrogens with one attached hydrogen (secondary N) is 1. The third-order valence-electron chi connectivity index (χ3n) is 4.43. The Labute approximate surface area is 157 Å². The number of esters is 1. The van der Waals surface area contributed by atoms with Gasteiger partial charge in [0.1, 0.15) is 0 Å². The molecule has 2 aromatic rings. The Morgan fingerprint density at radius 1 is 1.48 bits per heavy atom. The van der Waals surface area contributed by atoms with Gasteiger partial charge in [0.25, 0.3) is 0 Å². The van der Waals surface area contributed by atoms with Crippen molar-refractivity contribution in [2.75, 3.05) is 26.7 Å². The second-order valence-electron chi connectivity index (χ2n) is 6.22. The number of ether oxygens (including phenoxy) is 1. The van der Waals surface area contributed by atoms with E-state index in [0.717, 1.165) is 43.0 Å². The van der Waals surface area contributed by atoms with Crippen LogP contribution in [-0.4, -0.2) is 47.7 Å². The number of thiazole rings is 1. The van der Waals surface area contributed by atoms with Gasteiger partial charge in [0, 0.05) is 32.0 Å². The molecule has 1 saturated heterocycles. The largest absolute Gasteiger partial charge is 0.469 e. The van der Waals surface area contributed by atoms with Gasteiger partial charge in [0.15, 0.2) is 5.11 Å². The van der Waals surface area contributed by atoms with Crippen LogP contribution in [0.2, 0.25) is 0 Å². The highest BCUT2D eigenvalue weighted by atomic mass is 32.1. The van der Waals surface area contributed by atoms with E-state index in [1.54, 1.807) is 11.3 Å². The van der Waals surface area contributed by atoms with Crippen LogP contribution in [0, 0.1) is 0 Å². The number of carbonyl (C=O) groups excluding carboxylic acids is 1. The highest BCUT2D eigenvalue weighted by molar-refractivity contribution is 7.80. The fourth-order valence-corrected chi connectivity index (χ4v) is 4.43. The summed E-state index contributed by atoms with van der Waals surface area (Å²) in [5.74, 6) is 0.252. The van der Waals surface area contributed by atoms with Crippen molar-refractivity contribution < 1.29 is 9.53 Å². The summed E-state index contributed by atoms with van der Waals surface area (Å²) in [5.41, 5.74) is 1.09. The van der Waals surface area contributed by atoms with E-state index in [0.29, 0.717) is 18.9 Å². The molecule has 0 bridgehead atoms. The molecule has 1 atom stereocenters. The number of thiocarbonyl (C=S) groups is 1. The maximum Gasteiger partial charge on any atom is 0.305 e. The molecule has 1 N–H and O–H groups in total. The first-order valence-corrected chi connectivity index (χ1v) is 9.85. The van der Waals surface area contributed by atoms with Crippen LogP contribution >= 0.6 is 23.6 Å².